The summed E-state index contributed by atoms with van der Waals surface area (Å²) in [5.74, 6) is 0.852. The zero-order chi connectivity index (χ0) is 16.4. The van der Waals surface area contributed by atoms with E-state index >= 15 is 0 Å². The Balaban J connectivity index is 2.06. The molecular formula is C14H13N3O5S. The predicted octanol–water partition coefficient (Wildman–Crippen LogP) is 2.04. The van der Waals surface area contributed by atoms with Crippen molar-refractivity contribution in [3.8, 4) is 11.5 Å². The van der Waals surface area contributed by atoms with E-state index in [1.165, 1.54) is 26.4 Å². The number of sulfonamides is 1. The third-order valence-electron chi connectivity index (χ3n) is 3.19. The van der Waals surface area contributed by atoms with Crippen molar-refractivity contribution in [3.05, 3.63) is 36.4 Å². The summed E-state index contributed by atoms with van der Waals surface area (Å²) in [6, 6.07) is 9.38. The molecule has 0 fully saturated rings. The molecule has 9 heteroatoms. The molecule has 0 spiro atoms. The monoisotopic (exact) mass is 335 g/mol. The summed E-state index contributed by atoms with van der Waals surface area (Å²) in [5, 5.41) is 7.28. The van der Waals surface area contributed by atoms with Crippen LogP contribution in [-0.2, 0) is 10.0 Å². The van der Waals surface area contributed by atoms with Crippen molar-refractivity contribution in [3.63, 3.8) is 0 Å². The second kappa shape index (κ2) is 5.76. The molecule has 0 aliphatic rings. The van der Waals surface area contributed by atoms with Gasteiger partial charge in [-0.05, 0) is 34.6 Å². The second-order valence-electron chi connectivity index (χ2n) is 4.56. The number of fused-ring (bicyclic) bond motifs is 1. The van der Waals surface area contributed by atoms with Crippen LogP contribution in [0.25, 0.3) is 11.0 Å². The summed E-state index contributed by atoms with van der Waals surface area (Å²) >= 11 is 0. The van der Waals surface area contributed by atoms with Crippen LogP contribution in [0, 0.1) is 0 Å². The van der Waals surface area contributed by atoms with Gasteiger partial charge in [0.15, 0.2) is 5.52 Å². The lowest BCUT2D eigenvalue weighted by Crippen LogP contribution is -2.14. The Morgan fingerprint density at radius 3 is 2.65 bits per heavy atom. The molecule has 0 atom stereocenters. The van der Waals surface area contributed by atoms with Gasteiger partial charge in [-0.15, -0.1) is 0 Å². The van der Waals surface area contributed by atoms with Gasteiger partial charge >= 0.3 is 0 Å². The fourth-order valence-electron chi connectivity index (χ4n) is 2.09. The van der Waals surface area contributed by atoms with E-state index in [4.69, 9.17) is 9.47 Å². The first-order valence-electron chi connectivity index (χ1n) is 6.51. The Labute approximate surface area is 132 Å². The van der Waals surface area contributed by atoms with Gasteiger partial charge in [0.2, 0.25) is 0 Å². The first kappa shape index (κ1) is 15.1. The van der Waals surface area contributed by atoms with Crippen LogP contribution in [-0.4, -0.2) is 33.0 Å². The van der Waals surface area contributed by atoms with Gasteiger partial charge in [0, 0.05) is 6.07 Å². The number of hydrogen-bond donors (Lipinski definition) is 1. The van der Waals surface area contributed by atoms with E-state index in [0.29, 0.717) is 17.0 Å². The van der Waals surface area contributed by atoms with Crippen LogP contribution >= 0.6 is 0 Å². The molecule has 0 saturated heterocycles. The van der Waals surface area contributed by atoms with Crippen molar-refractivity contribution in [2.45, 2.75) is 4.90 Å². The summed E-state index contributed by atoms with van der Waals surface area (Å²) in [6.07, 6.45) is 0. The average Bonchev–Trinajstić information content (AvgIpc) is 3.02. The largest absolute Gasteiger partial charge is 0.497 e. The Morgan fingerprint density at radius 1 is 1.09 bits per heavy atom. The summed E-state index contributed by atoms with van der Waals surface area (Å²) in [6.45, 7) is 0. The lowest BCUT2D eigenvalue weighted by atomic mass is 10.3. The maximum atomic E-state index is 12.7. The summed E-state index contributed by atoms with van der Waals surface area (Å²) < 4.78 is 42.7. The van der Waals surface area contributed by atoms with E-state index in [9.17, 15) is 8.42 Å². The number of anilines is 1. The van der Waals surface area contributed by atoms with Gasteiger partial charge in [-0.1, -0.05) is 6.07 Å². The minimum atomic E-state index is -3.92. The first-order chi connectivity index (χ1) is 11.0. The maximum absolute atomic E-state index is 12.7. The van der Waals surface area contributed by atoms with Crippen LogP contribution in [0.15, 0.2) is 45.9 Å². The molecule has 8 nitrogen and oxygen atoms in total. The third kappa shape index (κ3) is 2.78. The highest BCUT2D eigenvalue weighted by Crippen LogP contribution is 2.31. The van der Waals surface area contributed by atoms with Gasteiger partial charge in [-0.3, -0.25) is 4.72 Å². The summed E-state index contributed by atoms with van der Waals surface area (Å²) in [5.41, 5.74) is 0.757. The van der Waals surface area contributed by atoms with E-state index in [2.05, 4.69) is 19.7 Å². The molecular weight excluding hydrogens is 322 g/mol. The molecule has 1 aromatic heterocycles. The molecule has 120 valence electrons. The van der Waals surface area contributed by atoms with Crippen molar-refractivity contribution in [1.82, 2.24) is 10.3 Å². The quantitative estimate of drug-likeness (QED) is 0.761. The van der Waals surface area contributed by atoms with E-state index in [-0.39, 0.29) is 16.1 Å². The zero-order valence-electron chi connectivity index (χ0n) is 12.3. The summed E-state index contributed by atoms with van der Waals surface area (Å²) in [4.78, 5) is -0.0406. The highest BCUT2D eigenvalue weighted by atomic mass is 32.2. The van der Waals surface area contributed by atoms with E-state index in [0.717, 1.165) is 0 Å². The second-order valence-corrected chi connectivity index (χ2v) is 6.21. The first-order valence-corrected chi connectivity index (χ1v) is 7.99. The minimum Gasteiger partial charge on any atom is -0.497 e. The molecule has 0 amide bonds. The Morgan fingerprint density at radius 2 is 1.91 bits per heavy atom. The number of rotatable bonds is 5. The SMILES string of the molecule is COc1ccc(OC)c(NS(=O)(=O)c2cccc3nonc23)c1. The van der Waals surface area contributed by atoms with Crippen molar-refractivity contribution in [2.24, 2.45) is 0 Å². The van der Waals surface area contributed by atoms with Gasteiger partial charge in [0.05, 0.1) is 19.9 Å². The Bertz CT molecular complexity index is 952. The molecule has 2 aromatic carbocycles. The van der Waals surface area contributed by atoms with Crippen molar-refractivity contribution in [2.75, 3.05) is 18.9 Å². The molecule has 0 aliphatic carbocycles. The average molecular weight is 335 g/mol. The van der Waals surface area contributed by atoms with E-state index in [1.807, 2.05) is 0 Å². The van der Waals surface area contributed by atoms with E-state index < -0.39 is 10.0 Å². The van der Waals surface area contributed by atoms with Gasteiger partial charge in [-0.25, -0.2) is 13.0 Å². The van der Waals surface area contributed by atoms with Crippen molar-refractivity contribution >= 4 is 26.7 Å². The molecule has 3 rings (SSSR count). The molecule has 1 heterocycles. The predicted molar refractivity (Wildman–Crippen MR) is 82.2 cm³/mol. The molecule has 0 radical (unpaired) electrons. The standard InChI is InChI=1S/C14H13N3O5S/c1-20-9-6-7-12(21-2)11(8-9)17-23(18,19)13-5-3-4-10-14(13)16-22-15-10/h3-8,17H,1-2H3. The van der Waals surface area contributed by atoms with Crippen molar-refractivity contribution in [1.29, 1.82) is 0 Å². The lowest BCUT2D eigenvalue weighted by molar-refractivity contribution is 0.315. The van der Waals surface area contributed by atoms with Crippen LogP contribution in [0.4, 0.5) is 5.69 Å². The highest BCUT2D eigenvalue weighted by molar-refractivity contribution is 7.93. The number of aromatic nitrogens is 2. The third-order valence-corrected chi connectivity index (χ3v) is 4.59. The molecule has 1 N–H and O–H groups in total. The van der Waals surface area contributed by atoms with Crippen LogP contribution in [0.1, 0.15) is 0 Å². The van der Waals surface area contributed by atoms with Crippen LogP contribution < -0.4 is 14.2 Å². The smallest absolute Gasteiger partial charge is 0.264 e. The minimum absolute atomic E-state index is 0.0406. The zero-order valence-corrected chi connectivity index (χ0v) is 13.1. The molecule has 0 bridgehead atoms. The van der Waals surface area contributed by atoms with Crippen LogP contribution in [0.5, 0.6) is 11.5 Å². The molecule has 0 saturated carbocycles. The van der Waals surface area contributed by atoms with Gasteiger partial charge in [0.1, 0.15) is 21.9 Å². The number of nitrogens with zero attached hydrogens (tertiary/aromatic N) is 2. The number of benzene rings is 2. The summed E-state index contributed by atoms with van der Waals surface area (Å²) in [7, 11) is -0.981. The fraction of sp³-hybridized carbons (Fsp3) is 0.143. The van der Waals surface area contributed by atoms with Crippen LogP contribution in [0.3, 0.4) is 0 Å². The lowest BCUT2D eigenvalue weighted by Gasteiger charge is -2.13. The van der Waals surface area contributed by atoms with E-state index in [1.54, 1.807) is 24.3 Å². The molecule has 0 aliphatic heterocycles. The number of ether oxygens (including phenoxy) is 2. The Hall–Kier alpha value is -2.81. The number of methoxy groups -OCH3 is 2. The number of nitrogens with one attached hydrogen (secondary N) is 1. The molecule has 0 unspecified atom stereocenters. The topological polar surface area (TPSA) is 104 Å². The van der Waals surface area contributed by atoms with Crippen molar-refractivity contribution < 1.29 is 22.5 Å². The van der Waals surface area contributed by atoms with Gasteiger partial charge < -0.3 is 9.47 Å². The Kier molecular flexibility index (Phi) is 3.78. The maximum Gasteiger partial charge on any atom is 0.264 e. The molecule has 3 aromatic rings. The number of hydrogen-bond acceptors (Lipinski definition) is 7. The fourth-order valence-corrected chi connectivity index (χ4v) is 3.30. The molecule has 23 heavy (non-hydrogen) atoms. The van der Waals surface area contributed by atoms with Gasteiger partial charge in [0.25, 0.3) is 10.0 Å². The highest BCUT2D eigenvalue weighted by Gasteiger charge is 2.22. The van der Waals surface area contributed by atoms with Gasteiger partial charge in [-0.2, -0.15) is 0 Å². The van der Waals surface area contributed by atoms with Crippen LogP contribution in [0.2, 0.25) is 0 Å². The normalized spacial score (nSPS) is 11.4.